The fourth-order valence-electron chi connectivity index (χ4n) is 2.47. The van der Waals surface area contributed by atoms with Gasteiger partial charge in [-0.15, -0.1) is 0 Å². The molecule has 1 atom stereocenters. The van der Waals surface area contributed by atoms with Crippen LogP contribution >= 0.6 is 11.8 Å². The fraction of sp³-hybridized carbons (Fsp3) is 0.222. The third-order valence-corrected chi connectivity index (χ3v) is 6.99. The van der Waals surface area contributed by atoms with E-state index in [-0.39, 0.29) is 11.0 Å². The van der Waals surface area contributed by atoms with Crippen LogP contribution in [0.25, 0.3) is 11.4 Å². The lowest BCUT2D eigenvalue weighted by atomic mass is 10.2. The zero-order valence-electron chi connectivity index (χ0n) is 14.5. The topological polar surface area (TPSA) is 94.3 Å². The lowest BCUT2D eigenvalue weighted by Gasteiger charge is -2.08. The summed E-state index contributed by atoms with van der Waals surface area (Å²) < 4.78 is 35.3. The second-order valence-corrected chi connectivity index (χ2v) is 9.38. The maximum atomic E-state index is 12.3. The number of rotatable bonds is 7. The first-order valence-corrected chi connectivity index (χ1v) is 11.0. The van der Waals surface area contributed by atoms with Crippen molar-refractivity contribution in [2.75, 3.05) is 23.9 Å². The first-order chi connectivity index (χ1) is 13.0. The van der Waals surface area contributed by atoms with E-state index in [0.29, 0.717) is 28.2 Å². The first kappa shape index (κ1) is 17.9. The molecule has 0 spiro atoms. The van der Waals surface area contributed by atoms with E-state index in [9.17, 15) is 8.42 Å². The average Bonchev–Trinajstić information content (AvgIpc) is 3.34. The van der Waals surface area contributed by atoms with Crippen LogP contribution < -0.4 is 10.1 Å². The minimum atomic E-state index is -3.23. The number of thioether (sulfide) groups is 1. The van der Waals surface area contributed by atoms with Gasteiger partial charge in [-0.05, 0) is 48.5 Å². The number of aromatic nitrogens is 2. The molecule has 2 aromatic carbocycles. The molecule has 1 fully saturated rings. The zero-order valence-corrected chi connectivity index (χ0v) is 16.1. The molecule has 0 bridgehead atoms. The summed E-state index contributed by atoms with van der Waals surface area (Å²) in [4.78, 5) is 4.51. The lowest BCUT2D eigenvalue weighted by Crippen LogP contribution is -2.10. The van der Waals surface area contributed by atoms with Crippen molar-refractivity contribution in [3.63, 3.8) is 0 Å². The second kappa shape index (κ2) is 7.24. The molecule has 1 unspecified atom stereocenters. The standard InChI is InChI=1S/C18H17N3O4S2/c1-19-18-20-17(21-25-18)12-2-4-13(5-3-12)24-14-6-8-16(9-7-14)27(22,23)11-15-10-26-15/h2-9,15H,10-11H2,1H3,(H,19,20,21). The highest BCUT2D eigenvalue weighted by atomic mass is 32.2. The van der Waals surface area contributed by atoms with Crippen LogP contribution in [-0.2, 0) is 9.84 Å². The summed E-state index contributed by atoms with van der Waals surface area (Å²) in [6.07, 6.45) is 0. The third kappa shape index (κ3) is 4.25. The van der Waals surface area contributed by atoms with Crippen LogP contribution in [0.1, 0.15) is 0 Å². The van der Waals surface area contributed by atoms with E-state index >= 15 is 0 Å². The van der Waals surface area contributed by atoms with E-state index < -0.39 is 9.84 Å². The number of ether oxygens (including phenoxy) is 1. The summed E-state index contributed by atoms with van der Waals surface area (Å²) in [6.45, 7) is 0. The summed E-state index contributed by atoms with van der Waals surface area (Å²) in [5, 5.41) is 6.90. The molecule has 0 saturated carbocycles. The van der Waals surface area contributed by atoms with Gasteiger partial charge in [-0.2, -0.15) is 16.7 Å². The molecular formula is C18H17N3O4S2. The molecule has 1 aliphatic rings. The zero-order chi connectivity index (χ0) is 18.9. The van der Waals surface area contributed by atoms with Crippen LogP contribution in [0.5, 0.6) is 11.5 Å². The lowest BCUT2D eigenvalue weighted by molar-refractivity contribution is 0.434. The van der Waals surface area contributed by atoms with Gasteiger partial charge in [-0.25, -0.2) is 8.42 Å². The van der Waals surface area contributed by atoms with Crippen LogP contribution in [-0.4, -0.2) is 42.4 Å². The van der Waals surface area contributed by atoms with Gasteiger partial charge >= 0.3 is 6.01 Å². The van der Waals surface area contributed by atoms with Crippen molar-refractivity contribution in [3.8, 4) is 22.9 Å². The molecule has 4 rings (SSSR count). The molecule has 27 heavy (non-hydrogen) atoms. The van der Waals surface area contributed by atoms with Crippen LogP contribution in [0.4, 0.5) is 6.01 Å². The molecule has 7 nitrogen and oxygen atoms in total. The van der Waals surface area contributed by atoms with Crippen molar-refractivity contribution >= 4 is 27.6 Å². The van der Waals surface area contributed by atoms with Gasteiger partial charge in [-0.1, -0.05) is 5.16 Å². The van der Waals surface area contributed by atoms with E-state index in [2.05, 4.69) is 15.5 Å². The predicted octanol–water partition coefficient (Wildman–Crippen LogP) is 3.46. The Bertz CT molecular complexity index is 1030. The monoisotopic (exact) mass is 403 g/mol. The van der Waals surface area contributed by atoms with Crippen molar-refractivity contribution in [1.29, 1.82) is 0 Å². The Morgan fingerprint density at radius 3 is 2.33 bits per heavy atom. The highest BCUT2D eigenvalue weighted by Gasteiger charge is 2.29. The number of sulfone groups is 1. The number of nitrogens with one attached hydrogen (secondary N) is 1. The van der Waals surface area contributed by atoms with Crippen molar-refractivity contribution in [2.24, 2.45) is 0 Å². The molecule has 0 radical (unpaired) electrons. The summed E-state index contributed by atoms with van der Waals surface area (Å²) >= 11 is 1.67. The average molecular weight is 403 g/mol. The Morgan fingerprint density at radius 2 is 1.78 bits per heavy atom. The van der Waals surface area contributed by atoms with Crippen LogP contribution in [0.15, 0.2) is 57.9 Å². The quantitative estimate of drug-likeness (QED) is 0.600. The molecule has 1 saturated heterocycles. The summed E-state index contributed by atoms with van der Waals surface area (Å²) in [5.41, 5.74) is 0.798. The van der Waals surface area contributed by atoms with Crippen LogP contribution in [0, 0.1) is 0 Å². The van der Waals surface area contributed by atoms with Gasteiger partial charge in [0, 0.05) is 23.6 Å². The van der Waals surface area contributed by atoms with Crippen LogP contribution in [0.3, 0.4) is 0 Å². The molecule has 1 N–H and O–H groups in total. The SMILES string of the molecule is CNc1nc(-c2ccc(Oc3ccc(S(=O)(=O)CC4CS4)cc3)cc2)no1. The van der Waals surface area contributed by atoms with Gasteiger partial charge in [0.15, 0.2) is 9.84 Å². The molecule has 0 amide bonds. The van der Waals surface area contributed by atoms with Gasteiger partial charge < -0.3 is 14.6 Å². The number of anilines is 1. The molecule has 1 aliphatic heterocycles. The molecule has 1 aromatic heterocycles. The summed E-state index contributed by atoms with van der Waals surface area (Å²) in [5.74, 6) is 2.80. The Kier molecular flexibility index (Phi) is 4.79. The minimum absolute atomic E-state index is 0.199. The van der Waals surface area contributed by atoms with Crippen molar-refractivity contribution in [3.05, 3.63) is 48.5 Å². The van der Waals surface area contributed by atoms with E-state index in [1.807, 2.05) is 12.1 Å². The molecule has 3 aromatic rings. The highest BCUT2D eigenvalue weighted by Crippen LogP contribution is 2.33. The number of benzene rings is 2. The maximum absolute atomic E-state index is 12.3. The second-order valence-electron chi connectivity index (χ2n) is 6.01. The van der Waals surface area contributed by atoms with E-state index in [1.165, 1.54) is 0 Å². The largest absolute Gasteiger partial charge is 0.457 e. The first-order valence-electron chi connectivity index (χ1n) is 8.28. The van der Waals surface area contributed by atoms with Crippen LogP contribution in [0.2, 0.25) is 0 Å². The van der Waals surface area contributed by atoms with Gasteiger partial charge in [0.25, 0.3) is 0 Å². The van der Waals surface area contributed by atoms with E-state index in [4.69, 9.17) is 9.26 Å². The highest BCUT2D eigenvalue weighted by molar-refractivity contribution is 8.08. The van der Waals surface area contributed by atoms with Crippen molar-refractivity contribution < 1.29 is 17.7 Å². The Morgan fingerprint density at radius 1 is 1.15 bits per heavy atom. The smallest absolute Gasteiger partial charge is 0.321 e. The number of nitrogens with zero attached hydrogens (tertiary/aromatic N) is 2. The Labute approximate surface area is 161 Å². The third-order valence-electron chi connectivity index (χ3n) is 3.98. The molecule has 2 heterocycles. The molecule has 140 valence electrons. The molecule has 0 aliphatic carbocycles. The summed E-state index contributed by atoms with van der Waals surface area (Å²) in [6, 6.07) is 14.1. The molecular weight excluding hydrogens is 386 g/mol. The maximum Gasteiger partial charge on any atom is 0.321 e. The molecule has 9 heteroatoms. The predicted molar refractivity (Wildman–Crippen MR) is 104 cm³/mol. The van der Waals surface area contributed by atoms with Crippen molar-refractivity contribution in [1.82, 2.24) is 10.1 Å². The van der Waals surface area contributed by atoms with E-state index in [0.717, 1.165) is 11.3 Å². The minimum Gasteiger partial charge on any atom is -0.457 e. The number of hydrogen-bond acceptors (Lipinski definition) is 8. The van der Waals surface area contributed by atoms with Gasteiger partial charge in [0.1, 0.15) is 11.5 Å². The Balaban J connectivity index is 1.44. The summed E-state index contributed by atoms with van der Waals surface area (Å²) in [7, 11) is -1.52. The van der Waals surface area contributed by atoms with Gasteiger partial charge in [0.05, 0.1) is 10.6 Å². The van der Waals surface area contributed by atoms with Crippen molar-refractivity contribution in [2.45, 2.75) is 10.1 Å². The van der Waals surface area contributed by atoms with Gasteiger partial charge in [0.2, 0.25) is 5.82 Å². The van der Waals surface area contributed by atoms with Gasteiger partial charge in [-0.3, -0.25) is 0 Å². The fourth-order valence-corrected chi connectivity index (χ4v) is 5.15. The number of hydrogen-bond donors (Lipinski definition) is 1. The normalized spacial score (nSPS) is 16.1. The Hall–Kier alpha value is -2.52. The van der Waals surface area contributed by atoms with E-state index in [1.54, 1.807) is 55.2 Å².